The number of ketones is 1. The number of benzene rings is 2. The second-order valence-corrected chi connectivity index (χ2v) is 8.24. The minimum Gasteiger partial charge on any atom is -0.507 e. The zero-order chi connectivity index (χ0) is 22.1. The van der Waals surface area contributed by atoms with Crippen LogP contribution in [0.25, 0.3) is 6.08 Å². The number of hydrogen-bond donors (Lipinski definition) is 1. The number of ether oxygens (including phenoxy) is 1. The van der Waals surface area contributed by atoms with Gasteiger partial charge in [-0.3, -0.25) is 9.69 Å². The first kappa shape index (κ1) is 20.3. The van der Waals surface area contributed by atoms with E-state index in [4.69, 9.17) is 4.74 Å². The van der Waals surface area contributed by atoms with E-state index < -0.39 is 0 Å². The van der Waals surface area contributed by atoms with Crippen LogP contribution in [0.3, 0.4) is 0 Å². The zero-order valence-corrected chi connectivity index (χ0v) is 18.0. The summed E-state index contributed by atoms with van der Waals surface area (Å²) in [6.45, 7) is 5.91. The fourth-order valence-corrected chi connectivity index (χ4v) is 4.26. The van der Waals surface area contributed by atoms with Crippen molar-refractivity contribution in [3.63, 3.8) is 0 Å². The van der Waals surface area contributed by atoms with Gasteiger partial charge in [0.2, 0.25) is 5.78 Å². The molecule has 5 rings (SSSR count). The maximum Gasteiger partial charge on any atom is 0.231 e. The molecule has 2 aromatic carbocycles. The van der Waals surface area contributed by atoms with Crippen LogP contribution in [0.2, 0.25) is 0 Å². The van der Waals surface area contributed by atoms with Crippen LogP contribution in [0.15, 0.2) is 66.6 Å². The molecule has 1 N–H and O–H groups in total. The zero-order valence-electron chi connectivity index (χ0n) is 18.0. The minimum absolute atomic E-state index is 0.150. The van der Waals surface area contributed by atoms with Gasteiger partial charge in [-0.05, 0) is 42.8 Å². The number of hydrogen-bond acceptors (Lipinski definition) is 6. The molecule has 162 valence electrons. The maximum atomic E-state index is 12.9. The largest absolute Gasteiger partial charge is 0.507 e. The van der Waals surface area contributed by atoms with E-state index in [2.05, 4.69) is 14.8 Å². The Bertz CT molecular complexity index is 1180. The van der Waals surface area contributed by atoms with Crippen molar-refractivity contribution in [3.05, 3.63) is 88.8 Å². The Morgan fingerprint density at radius 2 is 1.91 bits per heavy atom. The quantitative estimate of drug-likeness (QED) is 0.634. The van der Waals surface area contributed by atoms with Gasteiger partial charge in [0.15, 0.2) is 5.76 Å². The van der Waals surface area contributed by atoms with E-state index in [1.54, 1.807) is 18.2 Å². The van der Waals surface area contributed by atoms with Crippen LogP contribution in [-0.2, 0) is 6.54 Å². The SMILES string of the molecule is Cc1cccc(/C=C2\Oc3c(ccc(O)c3CN3CCN(c4ccccn4)CC3)C2=O)c1. The van der Waals surface area contributed by atoms with Crippen LogP contribution < -0.4 is 9.64 Å². The number of anilines is 1. The molecule has 0 radical (unpaired) electrons. The average Bonchev–Trinajstić information content (AvgIpc) is 3.12. The molecule has 0 spiro atoms. The molecule has 0 amide bonds. The van der Waals surface area contributed by atoms with Crippen molar-refractivity contribution in [2.75, 3.05) is 31.1 Å². The van der Waals surface area contributed by atoms with Gasteiger partial charge in [-0.2, -0.15) is 0 Å². The molecule has 6 nitrogen and oxygen atoms in total. The standard InChI is InChI=1S/C26H25N3O3/c1-18-5-4-6-19(15-18)16-23-25(31)20-8-9-22(30)21(26(20)32-23)17-28-11-13-29(14-12-28)24-7-2-3-10-27-24/h2-10,15-16,30H,11-14,17H2,1H3/b23-16-. The highest BCUT2D eigenvalue weighted by atomic mass is 16.5. The molecule has 1 fully saturated rings. The van der Waals surface area contributed by atoms with Gasteiger partial charge in [0.05, 0.1) is 11.1 Å². The molecule has 2 aliphatic rings. The lowest BCUT2D eigenvalue weighted by atomic mass is 10.0. The highest BCUT2D eigenvalue weighted by Crippen LogP contribution is 2.40. The molecule has 0 atom stereocenters. The third-order valence-corrected chi connectivity index (χ3v) is 5.98. The highest BCUT2D eigenvalue weighted by molar-refractivity contribution is 6.15. The Balaban J connectivity index is 1.34. The van der Waals surface area contributed by atoms with Gasteiger partial charge in [0.1, 0.15) is 17.3 Å². The molecule has 0 unspecified atom stereocenters. The fraction of sp³-hybridized carbons (Fsp3) is 0.231. The molecule has 6 heteroatoms. The fourth-order valence-electron chi connectivity index (χ4n) is 4.26. The van der Waals surface area contributed by atoms with Crippen molar-refractivity contribution in [2.45, 2.75) is 13.5 Å². The van der Waals surface area contributed by atoms with Gasteiger partial charge in [-0.25, -0.2) is 4.98 Å². The average molecular weight is 428 g/mol. The third kappa shape index (κ3) is 3.97. The molecule has 32 heavy (non-hydrogen) atoms. The van der Waals surface area contributed by atoms with Crippen LogP contribution in [-0.4, -0.2) is 47.0 Å². The van der Waals surface area contributed by atoms with Gasteiger partial charge < -0.3 is 14.7 Å². The van der Waals surface area contributed by atoms with Crippen molar-refractivity contribution in [1.82, 2.24) is 9.88 Å². The number of nitrogens with zero attached hydrogens (tertiary/aromatic N) is 3. The number of phenols is 1. The van der Waals surface area contributed by atoms with Crippen LogP contribution in [0.5, 0.6) is 11.5 Å². The van der Waals surface area contributed by atoms with Gasteiger partial charge in [-0.15, -0.1) is 0 Å². The number of fused-ring (bicyclic) bond motifs is 1. The molecule has 2 aliphatic heterocycles. The van der Waals surface area contributed by atoms with Crippen molar-refractivity contribution < 1.29 is 14.6 Å². The Labute approximate surface area is 187 Å². The lowest BCUT2D eigenvalue weighted by Gasteiger charge is -2.35. The number of piperazine rings is 1. The summed E-state index contributed by atoms with van der Waals surface area (Å²) >= 11 is 0. The molecule has 3 heterocycles. The van der Waals surface area contributed by atoms with E-state index in [0.717, 1.165) is 43.1 Å². The minimum atomic E-state index is -0.150. The molecule has 1 saturated heterocycles. The first-order chi connectivity index (χ1) is 15.6. The van der Waals surface area contributed by atoms with Gasteiger partial charge in [0.25, 0.3) is 0 Å². The van der Waals surface area contributed by atoms with Gasteiger partial charge in [0, 0.05) is 38.9 Å². The summed E-state index contributed by atoms with van der Waals surface area (Å²) in [7, 11) is 0. The van der Waals surface area contributed by atoms with E-state index in [-0.39, 0.29) is 17.3 Å². The summed E-state index contributed by atoms with van der Waals surface area (Å²) in [5.74, 6) is 1.75. The predicted octanol–water partition coefficient (Wildman–Crippen LogP) is 4.03. The van der Waals surface area contributed by atoms with Crippen molar-refractivity contribution in [2.24, 2.45) is 0 Å². The summed E-state index contributed by atoms with van der Waals surface area (Å²) in [4.78, 5) is 21.9. The van der Waals surface area contributed by atoms with Gasteiger partial charge >= 0.3 is 0 Å². The number of Topliss-reactive ketones (excluding diaryl/α,β-unsaturated/α-hetero) is 1. The molecule has 0 aliphatic carbocycles. The lowest BCUT2D eigenvalue weighted by molar-refractivity contribution is 0.101. The molecular formula is C26H25N3O3. The summed E-state index contributed by atoms with van der Waals surface area (Å²) in [6, 6.07) is 17.1. The van der Waals surface area contributed by atoms with Crippen molar-refractivity contribution in [1.29, 1.82) is 0 Å². The van der Waals surface area contributed by atoms with Crippen LogP contribution in [0.4, 0.5) is 5.82 Å². The summed E-state index contributed by atoms with van der Waals surface area (Å²) in [5, 5.41) is 10.6. The second kappa shape index (κ2) is 8.48. The topological polar surface area (TPSA) is 65.9 Å². The van der Waals surface area contributed by atoms with E-state index in [1.165, 1.54) is 0 Å². The van der Waals surface area contributed by atoms with E-state index in [0.29, 0.717) is 23.4 Å². The molecule has 0 saturated carbocycles. The molecule has 1 aromatic heterocycles. The monoisotopic (exact) mass is 427 g/mol. The summed E-state index contributed by atoms with van der Waals surface area (Å²) in [6.07, 6.45) is 3.57. The van der Waals surface area contributed by atoms with Crippen LogP contribution >= 0.6 is 0 Å². The number of aryl methyl sites for hydroxylation is 1. The number of allylic oxidation sites excluding steroid dienone is 1. The Morgan fingerprint density at radius 3 is 2.66 bits per heavy atom. The number of phenolic OH excluding ortho intramolecular Hbond substituents is 1. The Kier molecular flexibility index (Phi) is 5.37. The predicted molar refractivity (Wildman–Crippen MR) is 124 cm³/mol. The lowest BCUT2D eigenvalue weighted by Crippen LogP contribution is -2.46. The van der Waals surface area contributed by atoms with Crippen molar-refractivity contribution >= 4 is 17.7 Å². The number of carbonyl (C=O) groups excluding carboxylic acids is 1. The van der Waals surface area contributed by atoms with E-state index in [9.17, 15) is 9.90 Å². The van der Waals surface area contributed by atoms with Crippen LogP contribution in [0.1, 0.15) is 27.0 Å². The number of aromatic hydroxyl groups is 1. The Morgan fingerprint density at radius 1 is 1.06 bits per heavy atom. The highest BCUT2D eigenvalue weighted by Gasteiger charge is 2.32. The first-order valence-electron chi connectivity index (χ1n) is 10.8. The number of aromatic nitrogens is 1. The molecule has 3 aromatic rings. The number of rotatable bonds is 4. The van der Waals surface area contributed by atoms with E-state index in [1.807, 2.05) is 55.6 Å². The number of carbonyl (C=O) groups is 1. The first-order valence-corrected chi connectivity index (χ1v) is 10.8. The van der Waals surface area contributed by atoms with Crippen LogP contribution in [0, 0.1) is 6.92 Å². The van der Waals surface area contributed by atoms with Gasteiger partial charge in [-0.1, -0.05) is 35.9 Å². The Hall–Kier alpha value is -3.64. The smallest absolute Gasteiger partial charge is 0.231 e. The summed E-state index contributed by atoms with van der Waals surface area (Å²) < 4.78 is 6.01. The summed E-state index contributed by atoms with van der Waals surface area (Å²) in [5.41, 5.74) is 3.20. The normalized spacial score (nSPS) is 17.5. The molecular weight excluding hydrogens is 402 g/mol. The van der Waals surface area contributed by atoms with Crippen molar-refractivity contribution in [3.8, 4) is 11.5 Å². The van der Waals surface area contributed by atoms with E-state index >= 15 is 0 Å². The molecule has 0 bridgehead atoms. The maximum absolute atomic E-state index is 12.9. The second-order valence-electron chi connectivity index (χ2n) is 8.24. The third-order valence-electron chi connectivity index (χ3n) is 5.98. The number of pyridine rings is 1.